The van der Waals surface area contributed by atoms with Gasteiger partial charge in [0.25, 0.3) is 0 Å². The second-order valence-corrected chi connectivity index (χ2v) is 8.22. The summed E-state index contributed by atoms with van der Waals surface area (Å²) in [6.45, 7) is 8.95. The van der Waals surface area contributed by atoms with E-state index in [-0.39, 0.29) is 0 Å². The summed E-state index contributed by atoms with van der Waals surface area (Å²) >= 11 is 0. The first-order valence-corrected chi connectivity index (χ1v) is 8.59. The third-order valence-corrected chi connectivity index (χ3v) is 4.58. The highest BCUT2D eigenvalue weighted by Crippen LogP contribution is 2.36. The van der Waals surface area contributed by atoms with Gasteiger partial charge in [-0.15, -0.1) is 0 Å². The summed E-state index contributed by atoms with van der Waals surface area (Å²) in [7, 11) is 3.40. The molecule has 0 radical (unpaired) electrons. The standard InChI is InChI=1S/C20H28N2O4/c1-19(2,3)26-18(25)22(7)16(17(23)24)20(4,5)14-12-21(6)15-11-9-8-10-13(14)15/h8-12,16H,1-7H3,(H,23,24). The number of hydrogen-bond acceptors (Lipinski definition) is 3. The number of fused-ring (bicyclic) bond motifs is 1. The Bertz CT molecular complexity index is 830. The number of carboxylic acid groups (broad SMARTS) is 1. The van der Waals surface area contributed by atoms with Crippen LogP contribution in [0, 0.1) is 0 Å². The minimum absolute atomic E-state index is 0.654. The molecule has 0 bridgehead atoms. The highest BCUT2D eigenvalue weighted by atomic mass is 16.6. The molecule has 1 aromatic carbocycles. The van der Waals surface area contributed by atoms with E-state index in [1.165, 1.54) is 11.9 Å². The lowest BCUT2D eigenvalue weighted by Crippen LogP contribution is -2.54. The number of hydrogen-bond donors (Lipinski definition) is 1. The number of ether oxygens (including phenoxy) is 1. The van der Waals surface area contributed by atoms with Crippen LogP contribution in [0.3, 0.4) is 0 Å². The number of likely N-dealkylation sites (N-methyl/N-ethyl adjacent to an activating group) is 1. The number of aromatic nitrogens is 1. The predicted molar refractivity (Wildman–Crippen MR) is 101 cm³/mol. The van der Waals surface area contributed by atoms with Crippen molar-refractivity contribution in [1.29, 1.82) is 0 Å². The van der Waals surface area contributed by atoms with Gasteiger partial charge in [0, 0.05) is 36.6 Å². The zero-order valence-corrected chi connectivity index (χ0v) is 16.5. The molecule has 1 atom stereocenters. The van der Waals surface area contributed by atoms with Gasteiger partial charge in [0.1, 0.15) is 11.6 Å². The Labute approximate surface area is 154 Å². The highest BCUT2D eigenvalue weighted by molar-refractivity contribution is 5.88. The molecule has 0 saturated heterocycles. The maximum atomic E-state index is 12.5. The molecule has 1 unspecified atom stereocenters. The van der Waals surface area contributed by atoms with E-state index in [0.29, 0.717) is 0 Å². The van der Waals surface area contributed by atoms with Gasteiger partial charge < -0.3 is 14.4 Å². The molecule has 0 aliphatic rings. The van der Waals surface area contributed by atoms with Crippen molar-refractivity contribution in [3.8, 4) is 0 Å². The molecule has 6 nitrogen and oxygen atoms in total. The van der Waals surface area contributed by atoms with E-state index in [1.54, 1.807) is 20.8 Å². The fraction of sp³-hybridized carbons (Fsp3) is 0.500. The van der Waals surface area contributed by atoms with Crippen molar-refractivity contribution in [3.63, 3.8) is 0 Å². The molecule has 2 aromatic rings. The van der Waals surface area contributed by atoms with Crippen molar-refractivity contribution < 1.29 is 19.4 Å². The average Bonchev–Trinajstić information content (AvgIpc) is 2.83. The number of carbonyl (C=O) groups is 2. The Morgan fingerprint density at radius 3 is 2.27 bits per heavy atom. The minimum atomic E-state index is -1.08. The molecular weight excluding hydrogens is 332 g/mol. The Hall–Kier alpha value is -2.50. The third kappa shape index (κ3) is 3.69. The van der Waals surface area contributed by atoms with Crippen LogP contribution in [0.25, 0.3) is 10.9 Å². The van der Waals surface area contributed by atoms with Gasteiger partial charge in [-0.05, 0) is 32.4 Å². The number of rotatable bonds is 4. The Morgan fingerprint density at radius 1 is 1.15 bits per heavy atom. The molecular formula is C20H28N2O4. The number of para-hydroxylation sites is 1. The van der Waals surface area contributed by atoms with Crippen LogP contribution in [0.1, 0.15) is 40.2 Å². The quantitative estimate of drug-likeness (QED) is 0.901. The number of nitrogens with zero attached hydrogens (tertiary/aromatic N) is 2. The van der Waals surface area contributed by atoms with Crippen LogP contribution in [-0.2, 0) is 22.0 Å². The van der Waals surface area contributed by atoms with Crippen LogP contribution < -0.4 is 0 Å². The van der Waals surface area contributed by atoms with Gasteiger partial charge >= 0.3 is 12.1 Å². The average molecular weight is 360 g/mol. The van der Waals surface area contributed by atoms with Crippen molar-refractivity contribution in [2.24, 2.45) is 7.05 Å². The van der Waals surface area contributed by atoms with Gasteiger partial charge in [0.15, 0.2) is 0 Å². The maximum Gasteiger partial charge on any atom is 0.410 e. The van der Waals surface area contributed by atoms with Crippen molar-refractivity contribution in [1.82, 2.24) is 9.47 Å². The summed E-state index contributed by atoms with van der Waals surface area (Å²) in [5.41, 5.74) is 0.356. The molecule has 0 fully saturated rings. The van der Waals surface area contributed by atoms with E-state index in [1.807, 2.05) is 55.9 Å². The number of aliphatic carboxylic acids is 1. The highest BCUT2D eigenvalue weighted by Gasteiger charge is 2.44. The minimum Gasteiger partial charge on any atom is -0.480 e. The first-order chi connectivity index (χ1) is 11.9. The summed E-state index contributed by atoms with van der Waals surface area (Å²) in [5, 5.41) is 10.9. The molecule has 142 valence electrons. The zero-order valence-electron chi connectivity index (χ0n) is 16.5. The molecule has 0 aliphatic heterocycles. The topological polar surface area (TPSA) is 71.8 Å². The SMILES string of the molecule is CN(C(=O)OC(C)(C)C)C(C(=O)O)C(C)(C)c1cn(C)c2ccccc12. The molecule has 26 heavy (non-hydrogen) atoms. The summed E-state index contributed by atoms with van der Waals surface area (Å²) in [6, 6.07) is 6.75. The van der Waals surface area contributed by atoms with E-state index in [9.17, 15) is 14.7 Å². The largest absolute Gasteiger partial charge is 0.480 e. The first-order valence-electron chi connectivity index (χ1n) is 8.59. The summed E-state index contributed by atoms with van der Waals surface area (Å²) in [4.78, 5) is 25.8. The van der Waals surface area contributed by atoms with Crippen LogP contribution in [0.15, 0.2) is 30.5 Å². The van der Waals surface area contributed by atoms with Crippen molar-refractivity contribution in [2.45, 2.75) is 51.7 Å². The van der Waals surface area contributed by atoms with Gasteiger partial charge in [0.05, 0.1) is 0 Å². The van der Waals surface area contributed by atoms with Gasteiger partial charge in [-0.1, -0.05) is 32.0 Å². The Balaban J connectivity index is 2.51. The fourth-order valence-corrected chi connectivity index (χ4v) is 3.40. The maximum absolute atomic E-state index is 12.5. The third-order valence-electron chi connectivity index (χ3n) is 4.58. The first kappa shape index (κ1) is 19.8. The van der Waals surface area contributed by atoms with Crippen molar-refractivity contribution >= 4 is 23.0 Å². The van der Waals surface area contributed by atoms with Crippen LogP contribution in [0.5, 0.6) is 0 Å². The lowest BCUT2D eigenvalue weighted by molar-refractivity contribution is -0.145. The Morgan fingerprint density at radius 2 is 1.73 bits per heavy atom. The molecule has 1 heterocycles. The lowest BCUT2D eigenvalue weighted by Gasteiger charge is -2.38. The number of benzene rings is 1. The van der Waals surface area contributed by atoms with Crippen LogP contribution in [0.2, 0.25) is 0 Å². The fourth-order valence-electron chi connectivity index (χ4n) is 3.40. The summed E-state index contributed by atoms with van der Waals surface area (Å²) < 4.78 is 7.34. The van der Waals surface area contributed by atoms with Gasteiger partial charge in [-0.25, -0.2) is 9.59 Å². The van der Waals surface area contributed by atoms with Crippen LogP contribution in [-0.4, -0.2) is 45.3 Å². The number of carbonyl (C=O) groups excluding carboxylic acids is 1. The second kappa shape index (κ2) is 6.67. The van der Waals surface area contributed by atoms with Crippen LogP contribution >= 0.6 is 0 Å². The van der Waals surface area contributed by atoms with E-state index in [2.05, 4.69) is 0 Å². The number of amides is 1. The normalized spacial score (nSPS) is 13.5. The predicted octanol–water partition coefficient (Wildman–Crippen LogP) is 3.78. The zero-order chi connectivity index (χ0) is 19.9. The molecule has 1 N–H and O–H groups in total. The lowest BCUT2D eigenvalue weighted by atomic mass is 9.77. The van der Waals surface area contributed by atoms with Crippen molar-refractivity contribution in [3.05, 3.63) is 36.0 Å². The van der Waals surface area contributed by atoms with E-state index < -0.39 is 29.1 Å². The molecule has 0 aliphatic carbocycles. The molecule has 6 heteroatoms. The van der Waals surface area contributed by atoms with E-state index in [4.69, 9.17) is 4.74 Å². The van der Waals surface area contributed by atoms with Crippen molar-refractivity contribution in [2.75, 3.05) is 7.05 Å². The summed E-state index contributed by atoms with van der Waals surface area (Å²) in [6.07, 6.45) is 1.28. The number of carboxylic acids is 1. The van der Waals surface area contributed by atoms with E-state index >= 15 is 0 Å². The monoisotopic (exact) mass is 360 g/mol. The summed E-state index contributed by atoms with van der Waals surface area (Å²) in [5.74, 6) is -1.07. The smallest absolute Gasteiger partial charge is 0.410 e. The molecule has 0 spiro atoms. The van der Waals surface area contributed by atoms with E-state index in [0.717, 1.165) is 16.5 Å². The van der Waals surface area contributed by atoms with Crippen LogP contribution in [0.4, 0.5) is 4.79 Å². The number of aryl methyl sites for hydroxylation is 1. The molecule has 1 aromatic heterocycles. The molecule has 2 rings (SSSR count). The van der Waals surface area contributed by atoms with Gasteiger partial charge in [0.2, 0.25) is 0 Å². The molecule has 0 saturated carbocycles. The Kier molecular flexibility index (Phi) is 5.08. The van der Waals surface area contributed by atoms with Gasteiger partial charge in [-0.3, -0.25) is 4.90 Å². The second-order valence-electron chi connectivity index (χ2n) is 8.22. The molecule has 1 amide bonds. The van der Waals surface area contributed by atoms with Gasteiger partial charge in [-0.2, -0.15) is 0 Å².